The molecule has 0 spiro atoms. The van der Waals surface area contributed by atoms with Gasteiger partial charge in [-0.05, 0) is 50.5 Å². The van der Waals surface area contributed by atoms with Crippen LogP contribution in [0.1, 0.15) is 31.7 Å². The molecule has 0 bridgehead atoms. The second-order valence-corrected chi connectivity index (χ2v) is 6.49. The molecule has 0 heterocycles. The van der Waals surface area contributed by atoms with Gasteiger partial charge in [-0.15, -0.1) is 0 Å². The van der Waals surface area contributed by atoms with Crippen LogP contribution in [0.2, 0.25) is 5.02 Å². The van der Waals surface area contributed by atoms with Gasteiger partial charge in [0, 0.05) is 23.4 Å². The molecule has 0 saturated heterocycles. The van der Waals surface area contributed by atoms with Gasteiger partial charge in [0.1, 0.15) is 0 Å². The van der Waals surface area contributed by atoms with Gasteiger partial charge in [0.15, 0.2) is 5.78 Å². The van der Waals surface area contributed by atoms with Crippen molar-refractivity contribution in [2.75, 3.05) is 10.6 Å². The Bertz CT molecular complexity index is 811. The number of hydrogen-bond donors (Lipinski definition) is 2. The molecule has 0 radical (unpaired) electrons. The van der Waals surface area contributed by atoms with Gasteiger partial charge >= 0.3 is 0 Å². The number of Topliss-reactive ketones (excluding diaryl/α,β-unsaturated/α-hetero) is 1. The molecule has 124 valence electrons. The first kappa shape index (κ1) is 16.6. The zero-order chi connectivity index (χ0) is 17.1. The molecule has 2 N–H and O–H groups in total. The quantitative estimate of drug-likeness (QED) is 0.735. The molecule has 4 heteroatoms. The molecule has 0 saturated carbocycles. The van der Waals surface area contributed by atoms with Crippen molar-refractivity contribution < 1.29 is 4.79 Å². The van der Waals surface area contributed by atoms with E-state index in [9.17, 15) is 4.79 Å². The van der Waals surface area contributed by atoms with Crippen LogP contribution >= 0.6 is 11.6 Å². The Morgan fingerprint density at radius 3 is 2.29 bits per heavy atom. The van der Waals surface area contributed by atoms with Crippen LogP contribution < -0.4 is 10.6 Å². The maximum atomic E-state index is 11.9. The number of nitrogens with one attached hydrogen (secondary N) is 2. The van der Waals surface area contributed by atoms with Gasteiger partial charge in [-0.1, -0.05) is 35.9 Å². The molecule has 0 fully saturated rings. The Morgan fingerprint density at radius 1 is 0.875 bits per heavy atom. The zero-order valence-corrected chi connectivity index (χ0v) is 14.7. The van der Waals surface area contributed by atoms with Crippen LogP contribution in [0.4, 0.5) is 17.1 Å². The summed E-state index contributed by atoms with van der Waals surface area (Å²) in [5.41, 5.74) is 5.63. The van der Waals surface area contributed by atoms with Crippen LogP contribution in [-0.2, 0) is 4.79 Å². The van der Waals surface area contributed by atoms with Crippen molar-refractivity contribution in [3.05, 3.63) is 64.3 Å². The Labute approximate surface area is 147 Å². The van der Waals surface area contributed by atoms with Gasteiger partial charge < -0.3 is 10.6 Å². The number of allylic oxidation sites excluding steroid dienone is 2. The number of carbonyl (C=O) groups is 1. The summed E-state index contributed by atoms with van der Waals surface area (Å²) >= 11 is 6.58. The van der Waals surface area contributed by atoms with Gasteiger partial charge in [0.05, 0.1) is 16.4 Å². The number of carbonyl (C=O) groups excluding carboxylic acids is 1. The molecule has 0 aromatic heterocycles. The molecule has 0 unspecified atom stereocenters. The first-order chi connectivity index (χ1) is 11.6. The Balaban J connectivity index is 1.88. The number of rotatable bonds is 4. The van der Waals surface area contributed by atoms with Gasteiger partial charge in [0.25, 0.3) is 0 Å². The summed E-state index contributed by atoms with van der Waals surface area (Å²) in [7, 11) is 0. The molecule has 0 atom stereocenters. The number of hydrogen-bond acceptors (Lipinski definition) is 3. The molecule has 24 heavy (non-hydrogen) atoms. The van der Waals surface area contributed by atoms with E-state index in [1.54, 1.807) is 0 Å². The summed E-state index contributed by atoms with van der Waals surface area (Å²) in [4.78, 5) is 11.9. The lowest BCUT2D eigenvalue weighted by molar-refractivity contribution is -0.116. The van der Waals surface area contributed by atoms with E-state index < -0.39 is 0 Å². The fraction of sp³-hybridized carbons (Fsp3) is 0.250. The predicted molar refractivity (Wildman–Crippen MR) is 101 cm³/mol. The van der Waals surface area contributed by atoms with Crippen molar-refractivity contribution in [3.63, 3.8) is 0 Å². The first-order valence-electron chi connectivity index (χ1n) is 8.17. The average Bonchev–Trinajstić information content (AvgIpc) is 2.57. The lowest BCUT2D eigenvalue weighted by Crippen LogP contribution is -2.14. The topological polar surface area (TPSA) is 41.1 Å². The lowest BCUT2D eigenvalue weighted by Gasteiger charge is -2.20. The second-order valence-electron chi connectivity index (χ2n) is 6.11. The minimum absolute atomic E-state index is 0.217. The van der Waals surface area contributed by atoms with E-state index in [-0.39, 0.29) is 5.78 Å². The van der Waals surface area contributed by atoms with Crippen molar-refractivity contribution in [2.45, 2.75) is 33.1 Å². The second kappa shape index (κ2) is 7.10. The summed E-state index contributed by atoms with van der Waals surface area (Å²) in [6, 6.07) is 13.9. The molecular weight excluding hydrogens is 320 g/mol. The van der Waals surface area contributed by atoms with E-state index in [1.807, 2.05) is 43.3 Å². The molecule has 1 aliphatic rings. The van der Waals surface area contributed by atoms with Crippen molar-refractivity contribution in [1.82, 2.24) is 0 Å². The maximum absolute atomic E-state index is 11.9. The van der Waals surface area contributed by atoms with E-state index in [0.29, 0.717) is 11.4 Å². The average molecular weight is 341 g/mol. The summed E-state index contributed by atoms with van der Waals surface area (Å²) < 4.78 is 0. The number of para-hydroxylation sites is 1. The van der Waals surface area contributed by atoms with Crippen LogP contribution in [0.5, 0.6) is 0 Å². The van der Waals surface area contributed by atoms with Gasteiger partial charge in [0.2, 0.25) is 0 Å². The highest BCUT2D eigenvalue weighted by Crippen LogP contribution is 2.35. The fourth-order valence-corrected chi connectivity index (χ4v) is 3.09. The predicted octanol–water partition coefficient (Wildman–Crippen LogP) is 5.83. The SMILES string of the molecule is CC1=C(Nc2cccc(Nc3ccccc3C)c2Cl)CCCC1=O. The molecule has 3 nitrogen and oxygen atoms in total. The summed E-state index contributed by atoms with van der Waals surface area (Å²) in [5.74, 6) is 0.217. The number of aryl methyl sites for hydroxylation is 1. The molecule has 3 rings (SSSR count). The summed E-state index contributed by atoms with van der Waals surface area (Å²) in [6.45, 7) is 3.94. The Morgan fingerprint density at radius 2 is 1.54 bits per heavy atom. The normalized spacial score (nSPS) is 14.7. The molecule has 0 amide bonds. The molecule has 2 aromatic rings. The highest BCUT2D eigenvalue weighted by Gasteiger charge is 2.18. The Kier molecular flexibility index (Phi) is 4.91. The van der Waals surface area contributed by atoms with Crippen molar-refractivity contribution >= 4 is 34.4 Å². The zero-order valence-electron chi connectivity index (χ0n) is 13.9. The molecule has 2 aromatic carbocycles. The highest BCUT2D eigenvalue weighted by molar-refractivity contribution is 6.36. The third-order valence-electron chi connectivity index (χ3n) is 4.40. The number of anilines is 3. The number of halogens is 1. The van der Waals surface area contributed by atoms with Gasteiger partial charge in [-0.25, -0.2) is 0 Å². The van der Waals surface area contributed by atoms with Crippen LogP contribution in [0.3, 0.4) is 0 Å². The minimum Gasteiger partial charge on any atom is -0.357 e. The van der Waals surface area contributed by atoms with Gasteiger partial charge in [-0.2, -0.15) is 0 Å². The molecule has 0 aliphatic heterocycles. The molecular formula is C20H21ClN2O. The molecule has 1 aliphatic carbocycles. The lowest BCUT2D eigenvalue weighted by atomic mass is 9.96. The highest BCUT2D eigenvalue weighted by atomic mass is 35.5. The van der Waals surface area contributed by atoms with E-state index in [4.69, 9.17) is 11.6 Å². The minimum atomic E-state index is 0.217. The van der Waals surface area contributed by atoms with E-state index >= 15 is 0 Å². The van der Waals surface area contributed by atoms with Crippen LogP contribution in [0.15, 0.2) is 53.7 Å². The smallest absolute Gasteiger partial charge is 0.160 e. The fourth-order valence-electron chi connectivity index (χ4n) is 2.87. The van der Waals surface area contributed by atoms with E-state index in [1.165, 1.54) is 0 Å². The number of benzene rings is 2. The largest absolute Gasteiger partial charge is 0.357 e. The summed E-state index contributed by atoms with van der Waals surface area (Å²) in [5, 5.41) is 7.36. The van der Waals surface area contributed by atoms with Gasteiger partial charge in [-0.3, -0.25) is 4.79 Å². The third-order valence-corrected chi connectivity index (χ3v) is 4.81. The maximum Gasteiger partial charge on any atom is 0.160 e. The summed E-state index contributed by atoms with van der Waals surface area (Å²) in [6.07, 6.45) is 2.40. The number of ketones is 1. The monoisotopic (exact) mass is 340 g/mol. The third kappa shape index (κ3) is 3.46. The van der Waals surface area contributed by atoms with Crippen LogP contribution in [-0.4, -0.2) is 5.78 Å². The van der Waals surface area contributed by atoms with E-state index in [0.717, 1.165) is 46.7 Å². The van der Waals surface area contributed by atoms with Crippen molar-refractivity contribution in [2.24, 2.45) is 0 Å². The first-order valence-corrected chi connectivity index (χ1v) is 8.55. The van der Waals surface area contributed by atoms with E-state index in [2.05, 4.69) is 23.6 Å². The standard InChI is InChI=1S/C20H21ClN2O/c1-13-7-3-4-8-15(13)22-17-10-5-11-18(20(17)21)23-16-9-6-12-19(24)14(16)2/h3-5,7-8,10-11,22-23H,6,9,12H2,1-2H3. The van der Waals surface area contributed by atoms with Crippen molar-refractivity contribution in [3.8, 4) is 0 Å². The van der Waals surface area contributed by atoms with Crippen molar-refractivity contribution in [1.29, 1.82) is 0 Å². The van der Waals surface area contributed by atoms with Crippen LogP contribution in [0.25, 0.3) is 0 Å². The Hall–Kier alpha value is -2.26. The van der Waals surface area contributed by atoms with Crippen LogP contribution in [0, 0.1) is 6.92 Å².